The lowest BCUT2D eigenvalue weighted by Gasteiger charge is -1.97. The molecule has 90 valence electrons. The number of nitrogens with zero attached hydrogens (tertiary/aromatic N) is 5. The van der Waals surface area contributed by atoms with Gasteiger partial charge in [0.1, 0.15) is 5.69 Å². The third-order valence-electron chi connectivity index (χ3n) is 2.59. The van der Waals surface area contributed by atoms with Gasteiger partial charge in [0.05, 0.1) is 18.1 Å². The van der Waals surface area contributed by atoms with Crippen LogP contribution in [-0.4, -0.2) is 30.1 Å². The first-order chi connectivity index (χ1) is 8.63. The Balaban J connectivity index is 2.13. The molecule has 3 aromatic rings. The summed E-state index contributed by atoms with van der Waals surface area (Å²) in [7, 11) is 1.84. The quantitative estimate of drug-likeness (QED) is 0.696. The molecular weight excluding hydrogens is 232 g/mol. The van der Waals surface area contributed by atoms with E-state index >= 15 is 0 Å². The van der Waals surface area contributed by atoms with Crippen LogP contribution < -0.4 is 5.73 Å². The van der Waals surface area contributed by atoms with Gasteiger partial charge in [-0.2, -0.15) is 5.10 Å². The van der Waals surface area contributed by atoms with Gasteiger partial charge in [-0.05, 0) is 0 Å². The summed E-state index contributed by atoms with van der Waals surface area (Å²) in [4.78, 5) is 19.4. The third kappa shape index (κ3) is 1.61. The fourth-order valence-corrected chi connectivity index (χ4v) is 1.72. The molecule has 0 aliphatic carbocycles. The van der Waals surface area contributed by atoms with Gasteiger partial charge in [-0.3, -0.25) is 14.5 Å². The Kier molecular flexibility index (Phi) is 2.12. The van der Waals surface area contributed by atoms with Crippen LogP contribution in [0, 0.1) is 0 Å². The molecule has 0 radical (unpaired) electrons. The summed E-state index contributed by atoms with van der Waals surface area (Å²) < 4.78 is 3.42. The van der Waals surface area contributed by atoms with Crippen molar-refractivity contribution < 1.29 is 4.79 Å². The van der Waals surface area contributed by atoms with E-state index in [2.05, 4.69) is 15.1 Å². The molecule has 0 aliphatic rings. The summed E-state index contributed by atoms with van der Waals surface area (Å²) in [5.41, 5.74) is 7.63. The van der Waals surface area contributed by atoms with Gasteiger partial charge in [0, 0.05) is 31.2 Å². The van der Waals surface area contributed by atoms with Crippen molar-refractivity contribution in [3.63, 3.8) is 0 Å². The number of nitrogens with two attached hydrogens (primary N) is 1. The monoisotopic (exact) mass is 242 g/mol. The summed E-state index contributed by atoms with van der Waals surface area (Å²) in [6.45, 7) is 0. The highest BCUT2D eigenvalue weighted by Crippen LogP contribution is 2.16. The van der Waals surface area contributed by atoms with E-state index < -0.39 is 5.91 Å². The van der Waals surface area contributed by atoms with Gasteiger partial charge in [0.2, 0.25) is 0 Å². The molecule has 0 fully saturated rings. The van der Waals surface area contributed by atoms with Crippen LogP contribution in [0.3, 0.4) is 0 Å². The maximum atomic E-state index is 11.0. The first-order valence-electron chi connectivity index (χ1n) is 5.27. The Bertz CT molecular complexity index is 741. The van der Waals surface area contributed by atoms with Crippen molar-refractivity contribution in [3.05, 3.63) is 36.7 Å². The number of aryl methyl sites for hydroxylation is 1. The van der Waals surface area contributed by atoms with Crippen LogP contribution in [0.5, 0.6) is 0 Å². The zero-order valence-corrected chi connectivity index (χ0v) is 9.61. The van der Waals surface area contributed by atoms with Crippen LogP contribution in [0.2, 0.25) is 0 Å². The number of fused-ring (bicyclic) bond motifs is 1. The molecule has 3 aromatic heterocycles. The van der Waals surface area contributed by atoms with Crippen LogP contribution in [0.4, 0.5) is 0 Å². The Morgan fingerprint density at radius 1 is 1.28 bits per heavy atom. The number of hydrogen-bond donors (Lipinski definition) is 1. The molecule has 0 saturated carbocycles. The van der Waals surface area contributed by atoms with Crippen molar-refractivity contribution in [3.8, 4) is 11.3 Å². The first kappa shape index (κ1) is 10.5. The maximum Gasteiger partial charge on any atom is 0.268 e. The highest BCUT2D eigenvalue weighted by molar-refractivity contribution is 5.91. The average molecular weight is 242 g/mol. The van der Waals surface area contributed by atoms with E-state index in [0.29, 0.717) is 5.65 Å². The summed E-state index contributed by atoms with van der Waals surface area (Å²) in [5, 5.41) is 4.08. The van der Waals surface area contributed by atoms with Crippen LogP contribution in [-0.2, 0) is 7.05 Å². The molecule has 0 aromatic carbocycles. The van der Waals surface area contributed by atoms with E-state index in [1.165, 1.54) is 0 Å². The van der Waals surface area contributed by atoms with E-state index in [1.54, 1.807) is 33.9 Å². The van der Waals surface area contributed by atoms with E-state index in [0.717, 1.165) is 11.3 Å². The molecule has 0 aliphatic heterocycles. The number of rotatable bonds is 2. The molecule has 18 heavy (non-hydrogen) atoms. The van der Waals surface area contributed by atoms with E-state index in [-0.39, 0.29) is 5.69 Å². The molecule has 3 heterocycles. The predicted octanol–water partition coefficient (Wildman–Crippen LogP) is 0.229. The summed E-state index contributed by atoms with van der Waals surface area (Å²) in [6.07, 6.45) is 8.54. The third-order valence-corrected chi connectivity index (χ3v) is 2.59. The minimum absolute atomic E-state index is 0.222. The highest BCUT2D eigenvalue weighted by atomic mass is 16.1. The van der Waals surface area contributed by atoms with Crippen LogP contribution in [0.1, 0.15) is 10.5 Å². The lowest BCUT2D eigenvalue weighted by Crippen LogP contribution is -2.10. The van der Waals surface area contributed by atoms with Crippen molar-refractivity contribution in [1.29, 1.82) is 0 Å². The molecule has 1 amide bonds. The topological polar surface area (TPSA) is 91.1 Å². The molecule has 3 rings (SSSR count). The smallest absolute Gasteiger partial charge is 0.268 e. The van der Waals surface area contributed by atoms with Crippen LogP contribution in [0.15, 0.2) is 31.0 Å². The fraction of sp³-hybridized carbons (Fsp3) is 0.0909. The molecule has 0 spiro atoms. The van der Waals surface area contributed by atoms with Crippen molar-refractivity contribution in [2.75, 3.05) is 0 Å². The van der Waals surface area contributed by atoms with Gasteiger partial charge in [0.25, 0.3) is 5.91 Å². The minimum Gasteiger partial charge on any atom is -0.364 e. The molecule has 2 N–H and O–H groups in total. The largest absolute Gasteiger partial charge is 0.364 e. The number of aromatic nitrogens is 5. The molecule has 0 bridgehead atoms. The Morgan fingerprint density at radius 2 is 2.11 bits per heavy atom. The number of carbonyl (C=O) groups excluding carboxylic acids is 1. The highest BCUT2D eigenvalue weighted by Gasteiger charge is 2.09. The number of carbonyl (C=O) groups is 1. The molecule has 0 unspecified atom stereocenters. The zero-order chi connectivity index (χ0) is 12.7. The lowest BCUT2D eigenvalue weighted by atomic mass is 10.3. The molecule has 7 heteroatoms. The van der Waals surface area contributed by atoms with Crippen LogP contribution >= 0.6 is 0 Å². The van der Waals surface area contributed by atoms with Gasteiger partial charge in [0.15, 0.2) is 5.65 Å². The molecular formula is C11H10N6O. The second kappa shape index (κ2) is 3.66. The summed E-state index contributed by atoms with van der Waals surface area (Å²) in [5.74, 6) is -0.554. The van der Waals surface area contributed by atoms with Gasteiger partial charge in [-0.25, -0.2) is 4.98 Å². The molecule has 0 atom stereocenters. The first-order valence-corrected chi connectivity index (χ1v) is 5.27. The van der Waals surface area contributed by atoms with Crippen LogP contribution in [0.25, 0.3) is 16.9 Å². The van der Waals surface area contributed by atoms with E-state index in [4.69, 9.17) is 5.73 Å². The molecule has 7 nitrogen and oxygen atoms in total. The zero-order valence-electron chi connectivity index (χ0n) is 9.61. The van der Waals surface area contributed by atoms with Crippen molar-refractivity contribution in [1.82, 2.24) is 24.1 Å². The van der Waals surface area contributed by atoms with E-state index in [9.17, 15) is 4.79 Å². The van der Waals surface area contributed by atoms with Gasteiger partial charge < -0.3 is 10.1 Å². The van der Waals surface area contributed by atoms with Crippen molar-refractivity contribution >= 4 is 11.6 Å². The Labute approximate surface area is 102 Å². The summed E-state index contributed by atoms with van der Waals surface area (Å²) in [6, 6.07) is 0. The number of imidazole rings is 1. The fourth-order valence-electron chi connectivity index (χ4n) is 1.72. The van der Waals surface area contributed by atoms with Gasteiger partial charge in [-0.15, -0.1) is 0 Å². The Morgan fingerprint density at radius 3 is 2.78 bits per heavy atom. The Hall–Kier alpha value is -2.70. The number of amides is 1. The van der Waals surface area contributed by atoms with Gasteiger partial charge >= 0.3 is 0 Å². The molecule has 0 saturated heterocycles. The summed E-state index contributed by atoms with van der Waals surface area (Å²) >= 11 is 0. The maximum absolute atomic E-state index is 11.0. The number of primary amides is 1. The van der Waals surface area contributed by atoms with Crippen molar-refractivity contribution in [2.45, 2.75) is 0 Å². The second-order valence-corrected chi connectivity index (χ2v) is 3.93. The van der Waals surface area contributed by atoms with Gasteiger partial charge in [-0.1, -0.05) is 0 Å². The second-order valence-electron chi connectivity index (χ2n) is 3.93. The average Bonchev–Trinajstić information content (AvgIpc) is 2.93. The number of hydrogen-bond acceptors (Lipinski definition) is 4. The lowest BCUT2D eigenvalue weighted by molar-refractivity contribution is 0.0996. The van der Waals surface area contributed by atoms with E-state index in [1.807, 2.05) is 13.2 Å². The minimum atomic E-state index is -0.554. The predicted molar refractivity (Wildman–Crippen MR) is 63.7 cm³/mol. The SMILES string of the molecule is Cn1cc(-c2cn3cc(C(N)=O)nc3cn2)cn1. The van der Waals surface area contributed by atoms with Crippen molar-refractivity contribution in [2.24, 2.45) is 12.8 Å². The normalized spacial score (nSPS) is 10.9. The standard InChI is InChI=1S/C11H10N6O/c1-16-4-7(2-14-16)8-5-17-6-9(11(12)18)15-10(17)3-13-8/h2-6H,1H3,(H2,12,18).